The van der Waals surface area contributed by atoms with E-state index in [4.69, 9.17) is 9.05 Å². The maximum absolute atomic E-state index is 12.5. The Morgan fingerprint density at radius 1 is 1.05 bits per heavy atom. The van der Waals surface area contributed by atoms with Gasteiger partial charge < -0.3 is 9.05 Å². The van der Waals surface area contributed by atoms with Crippen molar-refractivity contribution in [3.63, 3.8) is 0 Å². The molecular weight excluding hydrogens is 285 g/mol. The van der Waals surface area contributed by atoms with Crippen molar-refractivity contribution in [2.24, 2.45) is 0 Å². The first-order valence-electron chi connectivity index (χ1n) is 7.56. The fourth-order valence-electron chi connectivity index (χ4n) is 1.97. The van der Waals surface area contributed by atoms with Crippen LogP contribution in [0.5, 0.6) is 0 Å². The Kier molecular flexibility index (Phi) is 7.61. The molecule has 0 amide bonds. The molecule has 5 heteroatoms. The zero-order valence-corrected chi connectivity index (χ0v) is 14.7. The van der Waals surface area contributed by atoms with E-state index in [1.807, 2.05) is 26.0 Å². The smallest absolute Gasteiger partial charge is 0.309 e. The molecule has 1 aromatic rings. The Balaban J connectivity index is 2.71. The zero-order valence-electron chi connectivity index (χ0n) is 13.8. The van der Waals surface area contributed by atoms with Crippen LogP contribution in [-0.2, 0) is 26.3 Å². The Hall–Kier alpha value is -0.670. The second-order valence-electron chi connectivity index (χ2n) is 5.43. The van der Waals surface area contributed by atoms with Gasteiger partial charge in [-0.2, -0.15) is 0 Å². The summed E-state index contributed by atoms with van der Waals surface area (Å²) in [6.07, 6.45) is 0.328. The van der Waals surface area contributed by atoms with Crippen molar-refractivity contribution in [2.75, 3.05) is 20.3 Å². The number of rotatable bonds is 9. The van der Waals surface area contributed by atoms with Crippen LogP contribution in [0.2, 0.25) is 0 Å². The molecule has 0 radical (unpaired) electrons. The highest BCUT2D eigenvalue weighted by Gasteiger charge is 2.23. The molecule has 0 spiro atoms. The Labute approximate surface area is 129 Å². The maximum Gasteiger partial charge on any atom is 0.335 e. The Bertz CT molecular complexity index is 449. The summed E-state index contributed by atoms with van der Waals surface area (Å²) in [5.74, 6) is 0. The lowest BCUT2D eigenvalue weighted by Gasteiger charge is -2.21. The van der Waals surface area contributed by atoms with Crippen molar-refractivity contribution in [1.29, 1.82) is 0 Å². The highest BCUT2D eigenvalue weighted by molar-refractivity contribution is 7.53. The fraction of sp³-hybridized carbons (Fsp3) is 0.625. The first-order chi connectivity index (χ1) is 9.90. The van der Waals surface area contributed by atoms with Gasteiger partial charge in [-0.3, -0.25) is 9.46 Å². The van der Waals surface area contributed by atoms with Crippen molar-refractivity contribution in [3.8, 4) is 0 Å². The molecule has 1 rings (SSSR count). The van der Waals surface area contributed by atoms with Crippen LogP contribution in [-0.4, -0.2) is 31.2 Å². The fourth-order valence-corrected chi connectivity index (χ4v) is 3.67. The van der Waals surface area contributed by atoms with E-state index in [1.165, 1.54) is 5.56 Å². The van der Waals surface area contributed by atoms with E-state index >= 15 is 0 Å². The number of benzene rings is 1. The van der Waals surface area contributed by atoms with Crippen molar-refractivity contribution in [2.45, 2.75) is 46.4 Å². The molecule has 21 heavy (non-hydrogen) atoms. The predicted molar refractivity (Wildman–Crippen MR) is 87.6 cm³/mol. The summed E-state index contributed by atoms with van der Waals surface area (Å²) in [4.78, 5) is 2.28. The SMILES string of the molecule is CCOP(=O)(Cc1ccc(CN(C)C(C)C)cc1)OCC. The second-order valence-corrected chi connectivity index (χ2v) is 7.48. The molecule has 0 aliphatic carbocycles. The molecule has 0 atom stereocenters. The van der Waals surface area contributed by atoms with Gasteiger partial charge in [0, 0.05) is 12.6 Å². The molecule has 120 valence electrons. The molecule has 0 fully saturated rings. The third-order valence-electron chi connectivity index (χ3n) is 3.36. The monoisotopic (exact) mass is 313 g/mol. The highest BCUT2D eigenvalue weighted by atomic mass is 31.2. The largest absolute Gasteiger partial charge is 0.335 e. The molecule has 0 saturated carbocycles. The first kappa shape index (κ1) is 18.4. The van der Waals surface area contributed by atoms with Gasteiger partial charge in [0.2, 0.25) is 0 Å². The quantitative estimate of drug-likeness (QED) is 0.637. The molecule has 0 aliphatic heterocycles. The van der Waals surface area contributed by atoms with Gasteiger partial charge in [0.1, 0.15) is 0 Å². The summed E-state index contributed by atoms with van der Waals surface area (Å²) < 4.78 is 23.1. The van der Waals surface area contributed by atoms with E-state index in [1.54, 1.807) is 0 Å². The molecule has 1 aromatic carbocycles. The van der Waals surface area contributed by atoms with Gasteiger partial charge in [0.05, 0.1) is 19.4 Å². The molecule has 0 unspecified atom stereocenters. The average Bonchev–Trinajstić information content (AvgIpc) is 2.41. The second kappa shape index (κ2) is 8.70. The van der Waals surface area contributed by atoms with Crippen molar-refractivity contribution in [1.82, 2.24) is 4.90 Å². The summed E-state index contributed by atoms with van der Waals surface area (Å²) in [6, 6.07) is 8.69. The minimum Gasteiger partial charge on any atom is -0.309 e. The molecule has 0 saturated heterocycles. The first-order valence-corrected chi connectivity index (χ1v) is 9.29. The van der Waals surface area contributed by atoms with Gasteiger partial charge in [-0.15, -0.1) is 0 Å². The van der Waals surface area contributed by atoms with E-state index in [0.29, 0.717) is 25.4 Å². The maximum atomic E-state index is 12.5. The summed E-state index contributed by atoms with van der Waals surface area (Å²) in [6.45, 7) is 9.71. The molecule has 0 N–H and O–H groups in total. The van der Waals surface area contributed by atoms with E-state index in [-0.39, 0.29) is 0 Å². The van der Waals surface area contributed by atoms with Crippen LogP contribution in [0.25, 0.3) is 0 Å². The predicted octanol–water partition coefficient (Wildman–Crippen LogP) is 4.29. The summed E-state index contributed by atoms with van der Waals surface area (Å²) >= 11 is 0. The topological polar surface area (TPSA) is 38.8 Å². The molecule has 0 aliphatic rings. The van der Waals surface area contributed by atoms with Crippen LogP contribution in [0, 0.1) is 0 Å². The van der Waals surface area contributed by atoms with Crippen molar-refractivity contribution < 1.29 is 13.6 Å². The average molecular weight is 313 g/mol. The van der Waals surface area contributed by atoms with Crippen LogP contribution in [0.3, 0.4) is 0 Å². The van der Waals surface area contributed by atoms with E-state index in [9.17, 15) is 4.57 Å². The van der Waals surface area contributed by atoms with Crippen LogP contribution < -0.4 is 0 Å². The lowest BCUT2D eigenvalue weighted by Crippen LogP contribution is -2.25. The van der Waals surface area contributed by atoms with Gasteiger partial charge in [0.15, 0.2) is 0 Å². The van der Waals surface area contributed by atoms with E-state index < -0.39 is 7.60 Å². The van der Waals surface area contributed by atoms with Crippen LogP contribution in [0.1, 0.15) is 38.8 Å². The zero-order chi connectivity index (χ0) is 15.9. The highest BCUT2D eigenvalue weighted by Crippen LogP contribution is 2.51. The van der Waals surface area contributed by atoms with Crippen LogP contribution >= 0.6 is 7.60 Å². The normalized spacial score (nSPS) is 12.3. The van der Waals surface area contributed by atoms with Gasteiger partial charge in [-0.25, -0.2) is 0 Å². The minimum absolute atomic E-state index is 0.328. The molecule has 0 aromatic heterocycles. The van der Waals surface area contributed by atoms with Gasteiger partial charge in [-0.1, -0.05) is 24.3 Å². The molecule has 0 heterocycles. The third-order valence-corrected chi connectivity index (χ3v) is 5.42. The lowest BCUT2D eigenvalue weighted by atomic mass is 10.1. The molecule has 4 nitrogen and oxygen atoms in total. The number of hydrogen-bond donors (Lipinski definition) is 0. The summed E-state index contributed by atoms with van der Waals surface area (Å²) in [5.41, 5.74) is 2.23. The lowest BCUT2D eigenvalue weighted by molar-refractivity contribution is 0.219. The minimum atomic E-state index is -3.01. The van der Waals surface area contributed by atoms with Crippen LogP contribution in [0.4, 0.5) is 0 Å². The molecule has 0 bridgehead atoms. The van der Waals surface area contributed by atoms with Gasteiger partial charge in [-0.05, 0) is 45.9 Å². The van der Waals surface area contributed by atoms with Gasteiger partial charge in [0.25, 0.3) is 0 Å². The van der Waals surface area contributed by atoms with Crippen LogP contribution in [0.15, 0.2) is 24.3 Å². The number of hydrogen-bond acceptors (Lipinski definition) is 4. The Morgan fingerprint density at radius 2 is 1.52 bits per heavy atom. The molecular formula is C16H28NO3P. The van der Waals surface area contributed by atoms with Crippen molar-refractivity contribution >= 4 is 7.60 Å². The third kappa shape index (κ3) is 6.31. The standard InChI is InChI=1S/C16H28NO3P/c1-6-19-21(18,20-7-2)13-16-10-8-15(9-11-16)12-17(5)14(3)4/h8-11,14H,6-7,12-13H2,1-5H3. The van der Waals surface area contributed by atoms with E-state index in [0.717, 1.165) is 12.1 Å². The Morgan fingerprint density at radius 3 is 1.95 bits per heavy atom. The van der Waals surface area contributed by atoms with Gasteiger partial charge >= 0.3 is 7.60 Å². The number of nitrogens with zero attached hydrogens (tertiary/aromatic N) is 1. The van der Waals surface area contributed by atoms with Crippen molar-refractivity contribution in [3.05, 3.63) is 35.4 Å². The van der Waals surface area contributed by atoms with E-state index in [2.05, 4.69) is 37.9 Å². The summed E-state index contributed by atoms with van der Waals surface area (Å²) in [7, 11) is -0.902. The summed E-state index contributed by atoms with van der Waals surface area (Å²) in [5, 5.41) is 0.